The van der Waals surface area contributed by atoms with E-state index in [-0.39, 0.29) is 6.61 Å². The van der Waals surface area contributed by atoms with Crippen molar-refractivity contribution < 1.29 is 9.59 Å². The second kappa shape index (κ2) is 7.43. The molecule has 0 spiro atoms. The van der Waals surface area contributed by atoms with Gasteiger partial charge >= 0.3 is 0 Å². The van der Waals surface area contributed by atoms with Crippen molar-refractivity contribution in [2.24, 2.45) is 0 Å². The zero-order valence-electron chi connectivity index (χ0n) is 10.4. The van der Waals surface area contributed by atoms with E-state index in [0.29, 0.717) is 0 Å². The van der Waals surface area contributed by atoms with Crippen LogP contribution in [-0.4, -0.2) is 32.2 Å². The lowest BCUT2D eigenvalue weighted by atomic mass is 10.2. The summed E-state index contributed by atoms with van der Waals surface area (Å²) >= 11 is 0. The molecule has 1 aromatic rings. The van der Waals surface area contributed by atoms with E-state index in [9.17, 15) is 5.11 Å². The fourth-order valence-corrected chi connectivity index (χ4v) is 1.13. The maximum atomic E-state index is 9.30. The second-order valence-corrected chi connectivity index (χ2v) is 4.64. The molecule has 0 atom stereocenters. The lowest BCUT2D eigenvalue weighted by Gasteiger charge is -2.23. The van der Waals surface area contributed by atoms with Gasteiger partial charge in [0.2, 0.25) is 0 Å². The molecule has 0 aliphatic carbocycles. The molecule has 1 aromatic carbocycles. The molecule has 0 aliphatic heterocycles. The maximum absolute atomic E-state index is 9.30. The molecule has 15 heavy (non-hydrogen) atoms. The van der Waals surface area contributed by atoms with Crippen LogP contribution in [0.15, 0.2) is 30.3 Å². The predicted octanol–water partition coefficient (Wildman–Crippen LogP) is 1.65. The van der Waals surface area contributed by atoms with Crippen LogP contribution in [0.5, 0.6) is 0 Å². The van der Waals surface area contributed by atoms with E-state index in [2.05, 4.69) is 51.5 Å². The lowest BCUT2D eigenvalue weighted by molar-refractivity contribution is -0.884. The Morgan fingerprint density at radius 2 is 1.53 bits per heavy atom. The highest BCUT2D eigenvalue weighted by molar-refractivity contribution is 5.13. The maximum Gasteiger partial charge on any atom is 0.104 e. The summed E-state index contributed by atoms with van der Waals surface area (Å²) in [6.45, 7) is 3.04. The largest absolute Gasteiger partial charge is 0.854 e. The molecule has 0 heterocycles. The molecular formula is C13H23NO. The first-order valence-electron chi connectivity index (χ1n) is 5.42. The van der Waals surface area contributed by atoms with E-state index in [0.717, 1.165) is 17.4 Å². The summed E-state index contributed by atoms with van der Waals surface area (Å²) in [6, 6.07) is 10.6. The Hall–Kier alpha value is -0.860. The molecule has 0 aromatic heterocycles. The van der Waals surface area contributed by atoms with Gasteiger partial charge in [-0.25, -0.2) is 0 Å². The van der Waals surface area contributed by atoms with Crippen LogP contribution in [0.3, 0.4) is 0 Å². The Bertz CT molecular complexity index is 236. The summed E-state index contributed by atoms with van der Waals surface area (Å²) in [6.07, 6.45) is 0.764. The number of hydrogen-bond donors (Lipinski definition) is 0. The molecule has 0 unspecified atom stereocenters. The van der Waals surface area contributed by atoms with Gasteiger partial charge in [-0.15, -0.1) is 6.61 Å². The summed E-state index contributed by atoms with van der Waals surface area (Å²) in [5.41, 5.74) is 1.40. The van der Waals surface area contributed by atoms with Gasteiger partial charge in [0.25, 0.3) is 0 Å². The van der Waals surface area contributed by atoms with Crippen molar-refractivity contribution in [3.63, 3.8) is 0 Å². The smallest absolute Gasteiger partial charge is 0.104 e. The quantitative estimate of drug-likeness (QED) is 0.694. The van der Waals surface area contributed by atoms with Crippen molar-refractivity contribution in [3.8, 4) is 0 Å². The van der Waals surface area contributed by atoms with Crippen molar-refractivity contribution in [2.45, 2.75) is 19.9 Å². The topological polar surface area (TPSA) is 23.1 Å². The minimum absolute atomic E-state index is 0.0694. The van der Waals surface area contributed by atoms with Crippen molar-refractivity contribution >= 4 is 0 Å². The second-order valence-electron chi connectivity index (χ2n) is 4.64. The van der Waals surface area contributed by atoms with E-state index in [4.69, 9.17) is 0 Å². The molecule has 2 nitrogen and oxygen atoms in total. The van der Waals surface area contributed by atoms with Crippen LogP contribution < -0.4 is 5.11 Å². The zero-order chi connectivity index (χ0) is 11.7. The van der Waals surface area contributed by atoms with Crippen LogP contribution in [-0.2, 0) is 6.54 Å². The molecule has 1 rings (SSSR count). The molecule has 0 fully saturated rings. The van der Waals surface area contributed by atoms with Gasteiger partial charge in [-0.3, -0.25) is 0 Å². The highest BCUT2D eigenvalue weighted by atomic mass is 16.2. The van der Waals surface area contributed by atoms with Crippen molar-refractivity contribution in [1.29, 1.82) is 0 Å². The Labute approximate surface area is 93.8 Å². The first-order valence-corrected chi connectivity index (χ1v) is 5.42. The highest BCUT2D eigenvalue weighted by Crippen LogP contribution is 2.05. The van der Waals surface area contributed by atoms with Gasteiger partial charge in [-0.1, -0.05) is 43.7 Å². The lowest BCUT2D eigenvalue weighted by Crippen LogP contribution is -2.33. The SMILES string of the molecule is CCC[O-].C[N+](C)(C)Cc1ccccc1. The Balaban J connectivity index is 0.000000423. The van der Waals surface area contributed by atoms with Crippen LogP contribution in [0.4, 0.5) is 0 Å². The third kappa shape index (κ3) is 9.44. The number of quaternary nitrogens is 1. The summed E-state index contributed by atoms with van der Waals surface area (Å²) in [5.74, 6) is 0. The average Bonchev–Trinajstić information content (AvgIpc) is 2.17. The Morgan fingerprint density at radius 1 is 1.07 bits per heavy atom. The third-order valence-corrected chi connectivity index (χ3v) is 1.70. The van der Waals surface area contributed by atoms with E-state index < -0.39 is 0 Å². The molecule has 0 radical (unpaired) electrons. The summed E-state index contributed by atoms with van der Waals surface area (Å²) in [7, 11) is 6.60. The van der Waals surface area contributed by atoms with Crippen LogP contribution in [0, 0.1) is 0 Å². The van der Waals surface area contributed by atoms with Crippen LogP contribution in [0.25, 0.3) is 0 Å². The van der Waals surface area contributed by atoms with Gasteiger partial charge in [-0.05, 0) is 0 Å². The first kappa shape index (κ1) is 14.1. The Kier molecular flexibility index (Phi) is 7.01. The number of nitrogens with zero attached hydrogens (tertiary/aromatic N) is 1. The number of benzene rings is 1. The summed E-state index contributed by atoms with van der Waals surface area (Å²) in [5, 5.41) is 9.30. The van der Waals surface area contributed by atoms with Crippen LogP contribution >= 0.6 is 0 Å². The van der Waals surface area contributed by atoms with E-state index in [1.807, 2.05) is 6.92 Å². The molecule has 0 saturated carbocycles. The predicted molar refractivity (Wildman–Crippen MR) is 63.3 cm³/mol. The molecule has 86 valence electrons. The first-order chi connectivity index (χ1) is 6.99. The van der Waals surface area contributed by atoms with Crippen molar-refractivity contribution in [2.75, 3.05) is 27.7 Å². The van der Waals surface area contributed by atoms with Crippen molar-refractivity contribution in [3.05, 3.63) is 35.9 Å². The Morgan fingerprint density at radius 3 is 1.87 bits per heavy atom. The normalized spacial score (nSPS) is 10.5. The standard InChI is InChI=1S/C10H16N.C3H7O/c1-11(2,3)9-10-7-5-4-6-8-10;1-2-3-4/h4-8H,9H2,1-3H3;2-3H2,1H3/q+1;-1. The molecule has 0 saturated heterocycles. The van der Waals surface area contributed by atoms with Crippen LogP contribution in [0.2, 0.25) is 0 Å². The molecule has 0 amide bonds. The number of hydrogen-bond acceptors (Lipinski definition) is 1. The van der Waals surface area contributed by atoms with Gasteiger partial charge in [0.1, 0.15) is 6.54 Å². The van der Waals surface area contributed by atoms with E-state index in [1.165, 1.54) is 5.56 Å². The van der Waals surface area contributed by atoms with Gasteiger partial charge < -0.3 is 9.59 Å². The van der Waals surface area contributed by atoms with Gasteiger partial charge in [-0.2, -0.15) is 0 Å². The highest BCUT2D eigenvalue weighted by Gasteiger charge is 2.06. The molecule has 2 heteroatoms. The molecule has 0 N–H and O–H groups in total. The van der Waals surface area contributed by atoms with Gasteiger partial charge in [0.05, 0.1) is 21.1 Å². The zero-order valence-corrected chi connectivity index (χ0v) is 10.4. The molecular weight excluding hydrogens is 186 g/mol. The average molecular weight is 209 g/mol. The monoisotopic (exact) mass is 209 g/mol. The van der Waals surface area contributed by atoms with Gasteiger partial charge in [0, 0.05) is 5.56 Å². The minimum Gasteiger partial charge on any atom is -0.854 e. The third-order valence-electron chi connectivity index (χ3n) is 1.70. The van der Waals surface area contributed by atoms with Gasteiger partial charge in [0.15, 0.2) is 0 Å². The number of rotatable bonds is 3. The molecule has 0 aliphatic rings. The summed E-state index contributed by atoms with van der Waals surface area (Å²) in [4.78, 5) is 0. The van der Waals surface area contributed by atoms with E-state index >= 15 is 0 Å². The fraction of sp³-hybridized carbons (Fsp3) is 0.538. The van der Waals surface area contributed by atoms with Crippen LogP contribution in [0.1, 0.15) is 18.9 Å². The molecule has 0 bridgehead atoms. The van der Waals surface area contributed by atoms with E-state index in [1.54, 1.807) is 0 Å². The summed E-state index contributed by atoms with van der Waals surface area (Å²) < 4.78 is 0.990. The minimum atomic E-state index is 0.0694. The van der Waals surface area contributed by atoms with Crippen molar-refractivity contribution in [1.82, 2.24) is 0 Å². The fourth-order valence-electron chi connectivity index (χ4n) is 1.13.